The van der Waals surface area contributed by atoms with E-state index in [9.17, 15) is 32.7 Å². The van der Waals surface area contributed by atoms with Gasteiger partial charge in [-0.3, -0.25) is 9.59 Å². The van der Waals surface area contributed by atoms with Crippen LogP contribution < -0.4 is 10.9 Å². The molecule has 1 aromatic heterocycles. The van der Waals surface area contributed by atoms with Crippen LogP contribution in [0.4, 0.5) is 18.9 Å². The van der Waals surface area contributed by atoms with Crippen LogP contribution in [0.2, 0.25) is 0 Å². The van der Waals surface area contributed by atoms with Gasteiger partial charge in [-0.1, -0.05) is 73.3 Å². The first-order chi connectivity index (χ1) is 19.2. The van der Waals surface area contributed by atoms with E-state index in [-0.39, 0.29) is 23.3 Å². The van der Waals surface area contributed by atoms with Crippen molar-refractivity contribution in [1.82, 2.24) is 5.16 Å². The van der Waals surface area contributed by atoms with E-state index in [1.165, 1.54) is 13.0 Å². The highest BCUT2D eigenvalue weighted by Crippen LogP contribution is 2.35. The molecule has 3 aromatic carbocycles. The number of rotatable bonds is 6. The zero-order valence-electron chi connectivity index (χ0n) is 22.3. The number of benzene rings is 3. The molecule has 0 aliphatic rings. The Bertz CT molecular complexity index is 1730. The van der Waals surface area contributed by atoms with Gasteiger partial charge in [-0.2, -0.15) is 13.2 Å². The van der Waals surface area contributed by atoms with Gasteiger partial charge in [-0.25, -0.2) is 4.79 Å². The maximum absolute atomic E-state index is 13.6. The molecular formula is C31H25F3N2O5. The van der Waals surface area contributed by atoms with E-state index in [4.69, 9.17) is 0 Å². The molecule has 1 heterocycles. The molecule has 1 atom stereocenters. The number of hydrogen-bond acceptors (Lipinski definition) is 6. The van der Waals surface area contributed by atoms with Gasteiger partial charge in [0.2, 0.25) is 5.60 Å². The number of fused-ring (bicyclic) bond motifs is 1. The molecule has 0 aliphatic carbocycles. The van der Waals surface area contributed by atoms with Crippen molar-refractivity contribution in [1.29, 1.82) is 0 Å². The van der Waals surface area contributed by atoms with Crippen LogP contribution in [0, 0.1) is 11.8 Å². The normalized spacial score (nSPS) is 13.1. The van der Waals surface area contributed by atoms with E-state index in [2.05, 4.69) is 26.8 Å². The lowest BCUT2D eigenvalue weighted by molar-refractivity contribution is -0.142. The highest BCUT2D eigenvalue weighted by atomic mass is 19.4. The SMILES string of the molecule is CC(=O)c1ccc(C#CC(O)(CC(C)(C)c2ccccc2)C(=O)Nc2ccc3c(=O)onc(C(F)(F)F)c3c2)cc1. The third kappa shape index (κ3) is 6.53. The maximum Gasteiger partial charge on any atom is 0.437 e. The average molecular weight is 563 g/mol. The quantitative estimate of drug-likeness (QED) is 0.237. The smallest absolute Gasteiger partial charge is 0.369 e. The first kappa shape index (κ1) is 29.2. The molecule has 0 saturated heterocycles. The summed E-state index contributed by atoms with van der Waals surface area (Å²) in [7, 11) is 0. The molecule has 0 bridgehead atoms. The Labute approximate surface area is 233 Å². The first-order valence-corrected chi connectivity index (χ1v) is 12.4. The fourth-order valence-corrected chi connectivity index (χ4v) is 4.40. The first-order valence-electron chi connectivity index (χ1n) is 12.4. The summed E-state index contributed by atoms with van der Waals surface area (Å²) in [5, 5.41) is 16.1. The Morgan fingerprint density at radius 1 is 0.976 bits per heavy atom. The van der Waals surface area contributed by atoms with Crippen LogP contribution in [0.5, 0.6) is 0 Å². The number of carbonyl (C=O) groups excluding carboxylic acids is 2. The van der Waals surface area contributed by atoms with Crippen LogP contribution in [0.3, 0.4) is 0 Å². The minimum absolute atomic E-state index is 0.121. The van der Waals surface area contributed by atoms with Crippen molar-refractivity contribution < 1.29 is 32.4 Å². The second-order valence-electron chi connectivity index (χ2n) is 10.2. The monoisotopic (exact) mass is 562 g/mol. The summed E-state index contributed by atoms with van der Waals surface area (Å²) in [6, 6.07) is 18.7. The van der Waals surface area contributed by atoms with E-state index in [0.717, 1.165) is 17.7 Å². The molecule has 0 radical (unpaired) electrons. The predicted molar refractivity (Wildman–Crippen MR) is 146 cm³/mol. The summed E-state index contributed by atoms with van der Waals surface area (Å²) in [6.07, 6.45) is -5.11. The standard InChI is InChI=1S/C31H25F3N2O5/c1-19(37)21-11-9-20(10-12-21)15-16-30(40,18-29(2,3)22-7-5-4-6-8-22)28(39)35-23-13-14-24-25(17-23)26(31(32,33)34)36-41-27(24)38/h4-14,17,40H,18H2,1-3H3,(H,35,39). The third-order valence-corrected chi connectivity index (χ3v) is 6.57. The topological polar surface area (TPSA) is 110 Å². The maximum atomic E-state index is 13.6. The molecule has 0 spiro atoms. The van der Waals surface area contributed by atoms with Crippen molar-refractivity contribution in [3.8, 4) is 11.8 Å². The van der Waals surface area contributed by atoms with E-state index in [1.54, 1.807) is 24.3 Å². The average Bonchev–Trinajstić information content (AvgIpc) is 2.92. The van der Waals surface area contributed by atoms with Gasteiger partial charge in [-0.15, -0.1) is 0 Å². The molecule has 210 valence electrons. The van der Waals surface area contributed by atoms with Crippen LogP contribution >= 0.6 is 0 Å². The number of nitrogens with one attached hydrogen (secondary N) is 1. The van der Waals surface area contributed by atoms with E-state index >= 15 is 0 Å². The van der Waals surface area contributed by atoms with Gasteiger partial charge in [0.15, 0.2) is 11.5 Å². The number of anilines is 1. The van der Waals surface area contributed by atoms with Gasteiger partial charge in [0.25, 0.3) is 5.91 Å². The molecule has 0 saturated carbocycles. The fourth-order valence-electron chi connectivity index (χ4n) is 4.40. The Morgan fingerprint density at radius 2 is 1.63 bits per heavy atom. The van der Waals surface area contributed by atoms with Gasteiger partial charge in [0.1, 0.15) is 0 Å². The van der Waals surface area contributed by atoms with Gasteiger partial charge in [0.05, 0.1) is 5.39 Å². The summed E-state index contributed by atoms with van der Waals surface area (Å²) in [5.74, 6) is 4.29. The number of aliphatic hydroxyl groups is 1. The molecule has 0 aliphatic heterocycles. The molecule has 7 nitrogen and oxygen atoms in total. The molecule has 4 aromatic rings. The number of carbonyl (C=O) groups is 2. The highest BCUT2D eigenvalue weighted by Gasteiger charge is 2.41. The minimum atomic E-state index is -4.93. The van der Waals surface area contributed by atoms with Crippen LogP contribution in [0.25, 0.3) is 10.8 Å². The fraction of sp³-hybridized carbons (Fsp3) is 0.226. The number of hydrogen-bond donors (Lipinski definition) is 2. The van der Waals surface area contributed by atoms with Gasteiger partial charge in [-0.05, 0) is 48.2 Å². The summed E-state index contributed by atoms with van der Waals surface area (Å²) in [5.41, 5.74) is -4.00. The second-order valence-corrected chi connectivity index (χ2v) is 10.2. The van der Waals surface area contributed by atoms with Gasteiger partial charge in [0, 0.05) is 28.6 Å². The predicted octanol–water partition coefficient (Wildman–Crippen LogP) is 5.50. The molecule has 1 unspecified atom stereocenters. The van der Waals surface area contributed by atoms with E-state index < -0.39 is 39.8 Å². The van der Waals surface area contributed by atoms with Crippen molar-refractivity contribution in [2.45, 2.75) is 44.4 Å². The van der Waals surface area contributed by atoms with Crippen molar-refractivity contribution in [2.24, 2.45) is 0 Å². The van der Waals surface area contributed by atoms with Crippen molar-refractivity contribution in [3.05, 3.63) is 106 Å². The summed E-state index contributed by atoms with van der Waals surface area (Å²) in [6.45, 7) is 5.06. The molecule has 1 amide bonds. The molecular weight excluding hydrogens is 537 g/mol. The summed E-state index contributed by atoms with van der Waals surface area (Å²) >= 11 is 0. The van der Waals surface area contributed by atoms with Crippen LogP contribution in [-0.2, 0) is 16.4 Å². The Balaban J connectivity index is 1.75. The molecule has 2 N–H and O–H groups in total. The number of alkyl halides is 3. The largest absolute Gasteiger partial charge is 0.437 e. The molecule has 41 heavy (non-hydrogen) atoms. The second kappa shape index (κ2) is 11.0. The van der Waals surface area contributed by atoms with Gasteiger partial charge >= 0.3 is 11.8 Å². The third-order valence-electron chi connectivity index (χ3n) is 6.57. The lowest BCUT2D eigenvalue weighted by Gasteiger charge is -2.32. The van der Waals surface area contributed by atoms with Crippen LogP contribution in [-0.4, -0.2) is 27.6 Å². The zero-order chi connectivity index (χ0) is 30.0. The number of amides is 1. The number of ketones is 1. The summed E-state index contributed by atoms with van der Waals surface area (Å²) in [4.78, 5) is 37.1. The number of aromatic nitrogens is 1. The van der Waals surface area contributed by atoms with E-state index in [1.807, 2.05) is 44.2 Å². The Morgan fingerprint density at radius 3 is 2.24 bits per heavy atom. The Hall–Kier alpha value is -4.75. The van der Waals surface area contributed by atoms with Crippen molar-refractivity contribution in [3.63, 3.8) is 0 Å². The number of nitrogens with zero attached hydrogens (tertiary/aromatic N) is 1. The zero-order valence-corrected chi connectivity index (χ0v) is 22.3. The minimum Gasteiger partial charge on any atom is -0.369 e. The van der Waals surface area contributed by atoms with Crippen molar-refractivity contribution in [2.75, 3.05) is 5.32 Å². The number of halogens is 3. The highest BCUT2D eigenvalue weighted by molar-refractivity contribution is 6.01. The lowest BCUT2D eigenvalue weighted by Crippen LogP contribution is -2.46. The van der Waals surface area contributed by atoms with Crippen LogP contribution in [0.1, 0.15) is 54.4 Å². The van der Waals surface area contributed by atoms with E-state index in [0.29, 0.717) is 11.1 Å². The Kier molecular flexibility index (Phi) is 7.86. The lowest BCUT2D eigenvalue weighted by atomic mass is 9.75. The number of Topliss-reactive ketones (excluding diaryl/α,β-unsaturated/α-hetero) is 1. The summed E-state index contributed by atoms with van der Waals surface area (Å²) < 4.78 is 44.8. The van der Waals surface area contributed by atoms with Crippen molar-refractivity contribution >= 4 is 28.2 Å². The molecule has 0 fully saturated rings. The molecule has 4 rings (SSSR count). The van der Waals surface area contributed by atoms with Crippen LogP contribution in [0.15, 0.2) is 82.1 Å². The van der Waals surface area contributed by atoms with Gasteiger partial charge < -0.3 is 14.9 Å². The molecule has 10 heteroatoms.